The first-order valence-electron chi connectivity index (χ1n) is 7.20. The van der Waals surface area contributed by atoms with Crippen LogP contribution in [0, 0.1) is 0 Å². The van der Waals surface area contributed by atoms with E-state index in [2.05, 4.69) is 55.3 Å². The second-order valence-electron chi connectivity index (χ2n) is 5.64. The highest BCUT2D eigenvalue weighted by molar-refractivity contribution is 5.26. The minimum Gasteiger partial charge on any atom is -0.390 e. The highest BCUT2D eigenvalue weighted by Crippen LogP contribution is 2.22. The van der Waals surface area contributed by atoms with Crippen LogP contribution in [0.25, 0.3) is 0 Å². The van der Waals surface area contributed by atoms with Gasteiger partial charge in [-0.3, -0.25) is 4.68 Å². The van der Waals surface area contributed by atoms with Gasteiger partial charge < -0.3 is 5.11 Å². The number of hydrogen-bond donors (Lipinski definition) is 1. The summed E-state index contributed by atoms with van der Waals surface area (Å²) in [6, 6.07) is 8.88. The molecule has 0 aliphatic rings. The van der Waals surface area contributed by atoms with Gasteiger partial charge in [0, 0.05) is 6.54 Å². The molecule has 1 aromatic carbocycles. The summed E-state index contributed by atoms with van der Waals surface area (Å²) < 4.78 is 1.80. The van der Waals surface area contributed by atoms with Gasteiger partial charge in [-0.05, 0) is 29.4 Å². The van der Waals surface area contributed by atoms with Gasteiger partial charge in [-0.15, -0.1) is 5.10 Å². The van der Waals surface area contributed by atoms with Crippen molar-refractivity contribution in [2.24, 2.45) is 0 Å². The van der Waals surface area contributed by atoms with Crippen LogP contribution < -0.4 is 0 Å². The van der Waals surface area contributed by atoms with Crippen LogP contribution in [-0.2, 0) is 13.2 Å². The lowest BCUT2D eigenvalue weighted by Gasteiger charge is -2.13. The van der Waals surface area contributed by atoms with Gasteiger partial charge in [0.2, 0.25) is 0 Å². The third kappa shape index (κ3) is 3.67. The van der Waals surface area contributed by atoms with E-state index in [0.29, 0.717) is 17.5 Å². The Morgan fingerprint density at radius 1 is 1.10 bits per heavy atom. The average molecular weight is 273 g/mol. The smallest absolute Gasteiger partial charge is 0.108 e. The summed E-state index contributed by atoms with van der Waals surface area (Å²) in [5.74, 6) is 1.06. The molecule has 0 bridgehead atoms. The maximum Gasteiger partial charge on any atom is 0.108 e. The minimum absolute atomic E-state index is 0.0494. The second kappa shape index (κ2) is 6.66. The van der Waals surface area contributed by atoms with Crippen LogP contribution in [0.1, 0.15) is 55.8 Å². The number of aliphatic hydroxyl groups is 1. The third-order valence-corrected chi connectivity index (χ3v) is 3.71. The quantitative estimate of drug-likeness (QED) is 0.880. The number of rotatable bonds is 6. The molecule has 108 valence electrons. The summed E-state index contributed by atoms with van der Waals surface area (Å²) in [6.45, 7) is 7.42. The molecule has 1 unspecified atom stereocenters. The van der Waals surface area contributed by atoms with E-state index < -0.39 is 0 Å². The lowest BCUT2D eigenvalue weighted by Crippen LogP contribution is -2.04. The number of nitrogens with zero attached hydrogens (tertiary/aromatic N) is 3. The molecule has 0 spiro atoms. The largest absolute Gasteiger partial charge is 0.390 e. The van der Waals surface area contributed by atoms with Gasteiger partial charge in [-0.25, -0.2) is 0 Å². The first-order chi connectivity index (χ1) is 9.60. The van der Waals surface area contributed by atoms with Crippen molar-refractivity contribution < 1.29 is 5.11 Å². The molecule has 20 heavy (non-hydrogen) atoms. The van der Waals surface area contributed by atoms with Crippen molar-refractivity contribution in [1.29, 1.82) is 0 Å². The molecule has 0 aliphatic carbocycles. The van der Waals surface area contributed by atoms with E-state index in [-0.39, 0.29) is 6.61 Å². The zero-order valence-electron chi connectivity index (χ0n) is 12.5. The zero-order chi connectivity index (χ0) is 14.5. The lowest BCUT2D eigenvalue weighted by molar-refractivity contribution is 0.276. The maximum absolute atomic E-state index is 8.96. The Morgan fingerprint density at radius 3 is 2.30 bits per heavy atom. The SMILES string of the molecule is CC(C)c1ccc(C(C)CCn2cc(CO)nn2)cc1. The Labute approximate surface area is 120 Å². The molecule has 0 amide bonds. The summed E-state index contributed by atoms with van der Waals surface area (Å²) >= 11 is 0. The predicted octanol–water partition coefficient (Wildman–Crippen LogP) is 3.09. The molecule has 0 saturated carbocycles. The first-order valence-corrected chi connectivity index (χ1v) is 7.20. The van der Waals surface area contributed by atoms with Gasteiger partial charge in [0.25, 0.3) is 0 Å². The monoisotopic (exact) mass is 273 g/mol. The van der Waals surface area contributed by atoms with Crippen molar-refractivity contribution in [3.63, 3.8) is 0 Å². The van der Waals surface area contributed by atoms with E-state index in [0.717, 1.165) is 13.0 Å². The molecule has 1 aromatic heterocycles. The van der Waals surface area contributed by atoms with Crippen molar-refractivity contribution in [2.45, 2.75) is 52.2 Å². The highest BCUT2D eigenvalue weighted by Gasteiger charge is 2.08. The van der Waals surface area contributed by atoms with Crippen LogP contribution >= 0.6 is 0 Å². The van der Waals surface area contributed by atoms with Gasteiger partial charge in [0.05, 0.1) is 12.8 Å². The molecule has 1 atom stereocenters. The number of hydrogen-bond acceptors (Lipinski definition) is 3. The average Bonchev–Trinajstić information content (AvgIpc) is 2.93. The number of benzene rings is 1. The van der Waals surface area contributed by atoms with Gasteiger partial charge in [-0.1, -0.05) is 50.3 Å². The zero-order valence-corrected chi connectivity index (χ0v) is 12.5. The third-order valence-electron chi connectivity index (χ3n) is 3.71. The van der Waals surface area contributed by atoms with Crippen molar-refractivity contribution >= 4 is 0 Å². The van der Waals surface area contributed by atoms with Gasteiger partial charge in [-0.2, -0.15) is 0 Å². The van der Waals surface area contributed by atoms with E-state index in [1.165, 1.54) is 11.1 Å². The maximum atomic E-state index is 8.96. The van der Waals surface area contributed by atoms with Crippen molar-refractivity contribution in [2.75, 3.05) is 0 Å². The Morgan fingerprint density at radius 2 is 1.75 bits per heavy atom. The van der Waals surface area contributed by atoms with E-state index in [1.54, 1.807) is 10.9 Å². The van der Waals surface area contributed by atoms with Gasteiger partial charge in [0.15, 0.2) is 0 Å². The fourth-order valence-corrected chi connectivity index (χ4v) is 2.22. The Balaban J connectivity index is 1.92. The van der Waals surface area contributed by atoms with Crippen LogP contribution in [0.2, 0.25) is 0 Å². The molecule has 2 rings (SSSR count). The molecule has 4 heteroatoms. The number of aromatic nitrogens is 3. The summed E-state index contributed by atoms with van der Waals surface area (Å²) in [7, 11) is 0. The standard InChI is InChI=1S/C16H23N3O/c1-12(2)14-4-6-15(7-5-14)13(3)8-9-19-10-16(11-20)17-18-19/h4-7,10,12-13,20H,8-9,11H2,1-3H3. The molecule has 0 aliphatic heterocycles. The molecule has 1 N–H and O–H groups in total. The molecule has 2 aromatic rings. The van der Waals surface area contributed by atoms with Gasteiger partial charge in [0.1, 0.15) is 5.69 Å². The van der Waals surface area contributed by atoms with E-state index in [9.17, 15) is 0 Å². The van der Waals surface area contributed by atoms with E-state index in [1.807, 2.05) is 0 Å². The highest BCUT2D eigenvalue weighted by atomic mass is 16.3. The van der Waals surface area contributed by atoms with Gasteiger partial charge >= 0.3 is 0 Å². The summed E-state index contributed by atoms with van der Waals surface area (Å²) in [4.78, 5) is 0. The van der Waals surface area contributed by atoms with Crippen molar-refractivity contribution in [1.82, 2.24) is 15.0 Å². The second-order valence-corrected chi connectivity index (χ2v) is 5.64. The summed E-state index contributed by atoms with van der Waals surface area (Å²) in [5.41, 5.74) is 3.36. The molecule has 0 fully saturated rings. The molecular formula is C16H23N3O. The molecule has 0 saturated heterocycles. The molecule has 4 nitrogen and oxygen atoms in total. The Bertz CT molecular complexity index is 531. The first kappa shape index (κ1) is 14.7. The fraction of sp³-hybridized carbons (Fsp3) is 0.500. The van der Waals surface area contributed by atoms with Crippen molar-refractivity contribution in [3.05, 3.63) is 47.3 Å². The van der Waals surface area contributed by atoms with Crippen LogP contribution in [0.4, 0.5) is 0 Å². The Hall–Kier alpha value is -1.68. The van der Waals surface area contributed by atoms with Crippen LogP contribution in [0.5, 0.6) is 0 Å². The molecular weight excluding hydrogens is 250 g/mol. The van der Waals surface area contributed by atoms with Crippen molar-refractivity contribution in [3.8, 4) is 0 Å². The van der Waals surface area contributed by atoms with E-state index >= 15 is 0 Å². The lowest BCUT2D eigenvalue weighted by atomic mass is 9.94. The van der Waals surface area contributed by atoms with Crippen LogP contribution in [-0.4, -0.2) is 20.1 Å². The molecule has 1 heterocycles. The fourth-order valence-electron chi connectivity index (χ4n) is 2.22. The normalized spacial score (nSPS) is 12.8. The minimum atomic E-state index is -0.0494. The topological polar surface area (TPSA) is 50.9 Å². The van der Waals surface area contributed by atoms with Crippen LogP contribution in [0.3, 0.4) is 0 Å². The number of aliphatic hydroxyl groups excluding tert-OH is 1. The number of aryl methyl sites for hydroxylation is 1. The van der Waals surface area contributed by atoms with Crippen LogP contribution in [0.15, 0.2) is 30.5 Å². The summed E-state index contributed by atoms with van der Waals surface area (Å²) in [5, 5.41) is 16.8. The van der Waals surface area contributed by atoms with E-state index in [4.69, 9.17) is 5.11 Å². The summed E-state index contributed by atoms with van der Waals surface area (Å²) in [6.07, 6.45) is 2.81. The predicted molar refractivity (Wildman–Crippen MR) is 79.5 cm³/mol. The molecule has 0 radical (unpaired) electrons. The Kier molecular flexibility index (Phi) is 4.90.